The Bertz CT molecular complexity index is 982. The van der Waals surface area contributed by atoms with Gasteiger partial charge >= 0.3 is 0 Å². The van der Waals surface area contributed by atoms with Gasteiger partial charge in [-0.2, -0.15) is 5.26 Å². The van der Waals surface area contributed by atoms with Crippen LogP contribution in [-0.2, 0) is 17.6 Å². The van der Waals surface area contributed by atoms with Crippen LogP contribution in [0.4, 0.5) is 5.82 Å². The van der Waals surface area contributed by atoms with Crippen molar-refractivity contribution in [3.05, 3.63) is 34.9 Å². The number of phenolic OH excluding ortho intramolecular Hbond substituents is 1. The number of phenols is 1. The predicted octanol–water partition coefficient (Wildman–Crippen LogP) is 3.02. The zero-order chi connectivity index (χ0) is 20.4. The first kappa shape index (κ1) is 19.2. The normalized spacial score (nSPS) is 18.6. The maximum absolute atomic E-state index is 11.7. The van der Waals surface area contributed by atoms with E-state index in [0.29, 0.717) is 23.4 Å². The zero-order valence-corrected chi connectivity index (χ0v) is 16.6. The molecule has 2 heterocycles. The number of nitriles is 1. The van der Waals surface area contributed by atoms with Crippen molar-refractivity contribution in [3.8, 4) is 23.1 Å². The topological polar surface area (TPSA) is 102 Å². The Hall–Kier alpha value is -3.14. The number of piperidine rings is 1. The van der Waals surface area contributed by atoms with Crippen LogP contribution >= 0.6 is 0 Å². The number of carbonyl (C=O) groups is 1. The van der Waals surface area contributed by atoms with Crippen molar-refractivity contribution < 1.29 is 9.90 Å². The number of anilines is 1. The fourth-order valence-electron chi connectivity index (χ4n) is 4.36. The van der Waals surface area contributed by atoms with E-state index in [9.17, 15) is 9.90 Å². The van der Waals surface area contributed by atoms with Gasteiger partial charge in [-0.3, -0.25) is 4.79 Å². The van der Waals surface area contributed by atoms with Crippen LogP contribution in [0.2, 0.25) is 0 Å². The third kappa shape index (κ3) is 3.88. The number of aromatic nitrogens is 2. The molecule has 0 radical (unpaired) electrons. The molecule has 150 valence electrons. The zero-order valence-electron chi connectivity index (χ0n) is 16.6. The first-order valence-electron chi connectivity index (χ1n) is 10.2. The van der Waals surface area contributed by atoms with Gasteiger partial charge in [-0.25, -0.2) is 0 Å². The van der Waals surface area contributed by atoms with Gasteiger partial charge in [0.1, 0.15) is 11.4 Å². The molecular formula is C22H25N5O2. The number of hydrogen-bond acceptors (Lipinski definition) is 6. The van der Waals surface area contributed by atoms with Crippen LogP contribution in [-0.4, -0.2) is 45.2 Å². The summed E-state index contributed by atoms with van der Waals surface area (Å²) in [5, 5.41) is 31.9. The van der Waals surface area contributed by atoms with E-state index in [1.807, 2.05) is 11.0 Å². The van der Waals surface area contributed by atoms with Gasteiger partial charge in [-0.05, 0) is 62.3 Å². The molecule has 1 unspecified atom stereocenters. The molecule has 1 aliphatic carbocycles. The van der Waals surface area contributed by atoms with E-state index in [0.717, 1.165) is 62.0 Å². The highest BCUT2D eigenvalue weighted by Crippen LogP contribution is 2.37. The van der Waals surface area contributed by atoms with Gasteiger partial charge in [0, 0.05) is 37.2 Å². The van der Waals surface area contributed by atoms with Gasteiger partial charge in [0.05, 0.1) is 11.6 Å². The van der Waals surface area contributed by atoms with E-state index >= 15 is 0 Å². The number of likely N-dealkylation sites (tertiary alicyclic amines) is 1. The Balaban J connectivity index is 1.66. The third-order valence-electron chi connectivity index (χ3n) is 5.88. The maximum atomic E-state index is 11.7. The summed E-state index contributed by atoms with van der Waals surface area (Å²) in [7, 11) is 0. The second-order valence-electron chi connectivity index (χ2n) is 7.85. The van der Waals surface area contributed by atoms with E-state index in [1.165, 1.54) is 6.07 Å². The molecule has 1 aromatic carbocycles. The van der Waals surface area contributed by atoms with Crippen molar-refractivity contribution in [3.63, 3.8) is 0 Å². The van der Waals surface area contributed by atoms with Gasteiger partial charge in [0.15, 0.2) is 5.82 Å². The van der Waals surface area contributed by atoms with Crippen LogP contribution in [0, 0.1) is 11.3 Å². The van der Waals surface area contributed by atoms with Crippen LogP contribution in [0.25, 0.3) is 11.3 Å². The molecule has 1 aliphatic heterocycles. The molecule has 1 aromatic heterocycles. The Labute approximate surface area is 170 Å². The number of nitrogens with one attached hydrogen (secondary N) is 1. The first-order valence-corrected chi connectivity index (χ1v) is 10.2. The van der Waals surface area contributed by atoms with Crippen molar-refractivity contribution in [1.29, 1.82) is 5.26 Å². The Morgan fingerprint density at radius 3 is 2.76 bits per heavy atom. The number of benzene rings is 1. The van der Waals surface area contributed by atoms with E-state index in [-0.39, 0.29) is 17.7 Å². The minimum atomic E-state index is 0.0520. The Morgan fingerprint density at radius 2 is 2.03 bits per heavy atom. The van der Waals surface area contributed by atoms with E-state index < -0.39 is 0 Å². The minimum absolute atomic E-state index is 0.0520. The number of carbonyl (C=O) groups excluding carboxylic acids is 1. The smallest absolute Gasteiger partial charge is 0.219 e. The van der Waals surface area contributed by atoms with E-state index in [4.69, 9.17) is 5.26 Å². The number of rotatable bonds is 3. The molecule has 2 aliphatic rings. The Morgan fingerprint density at radius 1 is 1.24 bits per heavy atom. The summed E-state index contributed by atoms with van der Waals surface area (Å²) in [6.45, 7) is 3.11. The average Bonchev–Trinajstić information content (AvgIpc) is 2.74. The monoisotopic (exact) mass is 391 g/mol. The predicted molar refractivity (Wildman–Crippen MR) is 109 cm³/mol. The summed E-state index contributed by atoms with van der Waals surface area (Å²) < 4.78 is 0. The SMILES string of the molecule is CC(=O)N1CCCC(Nc2nnc(-c3ccc(C#N)cc3O)c3c2CCCC3)C1. The van der Waals surface area contributed by atoms with Crippen LogP contribution in [0.3, 0.4) is 0 Å². The number of aromatic hydroxyl groups is 1. The number of amides is 1. The van der Waals surface area contributed by atoms with Gasteiger partial charge in [0.25, 0.3) is 0 Å². The van der Waals surface area contributed by atoms with Crippen molar-refractivity contribution in [1.82, 2.24) is 15.1 Å². The highest BCUT2D eigenvalue weighted by molar-refractivity contribution is 5.74. The van der Waals surface area contributed by atoms with Crippen molar-refractivity contribution in [2.24, 2.45) is 0 Å². The second kappa shape index (κ2) is 8.08. The molecule has 29 heavy (non-hydrogen) atoms. The molecular weight excluding hydrogens is 366 g/mol. The van der Waals surface area contributed by atoms with E-state index in [1.54, 1.807) is 19.1 Å². The van der Waals surface area contributed by atoms with Crippen molar-refractivity contribution in [2.75, 3.05) is 18.4 Å². The lowest BCUT2D eigenvalue weighted by Crippen LogP contribution is -2.44. The van der Waals surface area contributed by atoms with Crippen molar-refractivity contribution in [2.45, 2.75) is 51.5 Å². The van der Waals surface area contributed by atoms with Gasteiger partial charge in [-0.1, -0.05) is 0 Å². The van der Waals surface area contributed by atoms with Crippen LogP contribution in [0.15, 0.2) is 18.2 Å². The summed E-state index contributed by atoms with van der Waals surface area (Å²) in [6.07, 6.45) is 5.95. The molecule has 0 saturated carbocycles. The second-order valence-corrected chi connectivity index (χ2v) is 7.85. The number of nitrogens with zero attached hydrogens (tertiary/aromatic N) is 4. The fourth-order valence-corrected chi connectivity index (χ4v) is 4.36. The standard InChI is InChI=1S/C22H25N5O2/c1-14(28)27-10-4-5-16(13-27)24-22-18-7-3-2-6-17(18)21(25-26-22)19-9-8-15(12-23)11-20(19)29/h8-9,11,16,29H,2-7,10,13H2,1H3,(H,24,26). The number of hydrogen-bond donors (Lipinski definition) is 2. The highest BCUT2D eigenvalue weighted by Gasteiger charge is 2.26. The molecule has 1 fully saturated rings. The van der Waals surface area contributed by atoms with Crippen LogP contribution < -0.4 is 5.32 Å². The third-order valence-corrected chi connectivity index (χ3v) is 5.88. The molecule has 7 nitrogen and oxygen atoms in total. The summed E-state index contributed by atoms with van der Waals surface area (Å²) >= 11 is 0. The fraction of sp³-hybridized carbons (Fsp3) is 0.455. The number of fused-ring (bicyclic) bond motifs is 1. The average molecular weight is 391 g/mol. The molecule has 2 N–H and O–H groups in total. The molecule has 1 saturated heterocycles. The molecule has 2 aromatic rings. The summed E-state index contributed by atoms with van der Waals surface area (Å²) in [5.41, 5.74) is 4.00. The van der Waals surface area contributed by atoms with E-state index in [2.05, 4.69) is 15.5 Å². The summed E-state index contributed by atoms with van der Waals surface area (Å²) in [5.74, 6) is 0.958. The van der Waals surface area contributed by atoms with Gasteiger partial charge in [0.2, 0.25) is 5.91 Å². The molecule has 1 atom stereocenters. The lowest BCUT2D eigenvalue weighted by Gasteiger charge is -2.33. The summed E-state index contributed by atoms with van der Waals surface area (Å²) in [6, 6.07) is 7.11. The molecule has 0 bridgehead atoms. The maximum Gasteiger partial charge on any atom is 0.219 e. The van der Waals surface area contributed by atoms with Crippen molar-refractivity contribution >= 4 is 11.7 Å². The van der Waals surface area contributed by atoms with Gasteiger partial charge < -0.3 is 15.3 Å². The van der Waals surface area contributed by atoms with Crippen LogP contribution in [0.1, 0.15) is 49.3 Å². The largest absolute Gasteiger partial charge is 0.507 e. The lowest BCUT2D eigenvalue weighted by molar-refractivity contribution is -0.129. The van der Waals surface area contributed by atoms with Crippen LogP contribution in [0.5, 0.6) is 5.75 Å². The minimum Gasteiger partial charge on any atom is -0.507 e. The summed E-state index contributed by atoms with van der Waals surface area (Å²) in [4.78, 5) is 13.6. The first-order chi connectivity index (χ1) is 14.1. The highest BCUT2D eigenvalue weighted by atomic mass is 16.3. The molecule has 7 heteroatoms. The molecule has 0 spiro atoms. The lowest BCUT2D eigenvalue weighted by atomic mass is 9.88. The van der Waals surface area contributed by atoms with Gasteiger partial charge in [-0.15, -0.1) is 10.2 Å². The molecule has 4 rings (SSSR count). The quantitative estimate of drug-likeness (QED) is 0.834. The Kier molecular flexibility index (Phi) is 5.34. The molecule has 1 amide bonds.